The van der Waals surface area contributed by atoms with Crippen molar-refractivity contribution in [3.8, 4) is 0 Å². The molecular weight excluding hydrogens is 342 g/mol. The molecule has 2 saturated heterocycles. The van der Waals surface area contributed by atoms with Crippen molar-refractivity contribution in [2.45, 2.75) is 32.1 Å². The number of hydrogen-bond donors (Lipinski definition) is 2. The second kappa shape index (κ2) is 7.41. The van der Waals surface area contributed by atoms with Crippen molar-refractivity contribution >= 4 is 17.7 Å². The van der Waals surface area contributed by atoms with Gasteiger partial charge >= 0.3 is 12.0 Å². The number of urea groups is 1. The summed E-state index contributed by atoms with van der Waals surface area (Å²) < 4.78 is 0. The Labute approximate surface area is 160 Å². The average Bonchev–Trinajstić information content (AvgIpc) is 3.26. The topological polar surface area (TPSA) is 72.9 Å². The van der Waals surface area contributed by atoms with Gasteiger partial charge in [0.25, 0.3) is 0 Å². The number of rotatable bonds is 4. The maximum atomic E-state index is 12.6. The molecule has 6 nitrogen and oxygen atoms in total. The molecule has 2 N–H and O–H groups in total. The molecule has 3 atom stereocenters. The van der Waals surface area contributed by atoms with Gasteiger partial charge in [-0.2, -0.15) is 0 Å². The van der Waals surface area contributed by atoms with Gasteiger partial charge in [0.2, 0.25) is 0 Å². The molecule has 1 aromatic carbocycles. The van der Waals surface area contributed by atoms with E-state index in [1.807, 2.05) is 6.07 Å². The predicted molar refractivity (Wildman–Crippen MR) is 104 cm³/mol. The van der Waals surface area contributed by atoms with Gasteiger partial charge in [0, 0.05) is 38.4 Å². The first kappa shape index (κ1) is 18.1. The van der Waals surface area contributed by atoms with Crippen LogP contribution in [-0.2, 0) is 4.79 Å². The summed E-state index contributed by atoms with van der Waals surface area (Å²) in [6, 6.07) is 10.3. The highest BCUT2D eigenvalue weighted by Crippen LogP contribution is 2.48. The number of nitrogens with zero attached hydrogens (tertiary/aromatic N) is 2. The zero-order valence-electron chi connectivity index (χ0n) is 15.8. The SMILES string of the molecule is O=C(NCC1CCCN(c2ccccc2)C1)N1C[C@@H]2CCC[C@@]2(C(=O)O)C1. The maximum absolute atomic E-state index is 12.6. The first-order valence-corrected chi connectivity index (χ1v) is 10.1. The lowest BCUT2D eigenvalue weighted by Crippen LogP contribution is -2.45. The first-order chi connectivity index (χ1) is 13.1. The number of benzene rings is 1. The van der Waals surface area contributed by atoms with Crippen LogP contribution in [0.3, 0.4) is 0 Å². The van der Waals surface area contributed by atoms with E-state index >= 15 is 0 Å². The third-order valence-corrected chi connectivity index (χ3v) is 6.77. The number of aliphatic carboxylic acids is 1. The Morgan fingerprint density at radius 1 is 1.15 bits per heavy atom. The number of hydrogen-bond acceptors (Lipinski definition) is 3. The molecule has 0 aromatic heterocycles. The molecule has 2 heterocycles. The Bertz CT molecular complexity index is 695. The van der Waals surface area contributed by atoms with Crippen molar-refractivity contribution in [2.24, 2.45) is 17.3 Å². The average molecular weight is 371 g/mol. The molecule has 1 aromatic rings. The van der Waals surface area contributed by atoms with Crippen LogP contribution in [0.15, 0.2) is 30.3 Å². The summed E-state index contributed by atoms with van der Waals surface area (Å²) in [7, 11) is 0. The Balaban J connectivity index is 1.30. The number of anilines is 1. The fourth-order valence-electron chi connectivity index (χ4n) is 5.24. The molecule has 0 spiro atoms. The number of likely N-dealkylation sites (tertiary alicyclic amines) is 1. The van der Waals surface area contributed by atoms with Crippen LogP contribution in [0.5, 0.6) is 0 Å². The Hall–Kier alpha value is -2.24. The van der Waals surface area contributed by atoms with Gasteiger partial charge < -0.3 is 20.2 Å². The fraction of sp³-hybridized carbons (Fsp3) is 0.619. The van der Waals surface area contributed by atoms with Gasteiger partial charge in [0.15, 0.2) is 0 Å². The van der Waals surface area contributed by atoms with Gasteiger partial charge in [0.05, 0.1) is 5.41 Å². The van der Waals surface area contributed by atoms with Crippen molar-refractivity contribution in [3.63, 3.8) is 0 Å². The molecule has 3 aliphatic rings. The van der Waals surface area contributed by atoms with Crippen molar-refractivity contribution in [1.29, 1.82) is 0 Å². The number of para-hydroxylation sites is 1. The van der Waals surface area contributed by atoms with E-state index in [4.69, 9.17) is 0 Å². The van der Waals surface area contributed by atoms with E-state index in [1.165, 1.54) is 5.69 Å². The van der Waals surface area contributed by atoms with Crippen molar-refractivity contribution < 1.29 is 14.7 Å². The molecule has 0 radical (unpaired) electrons. The Morgan fingerprint density at radius 2 is 1.96 bits per heavy atom. The van der Waals surface area contributed by atoms with Crippen LogP contribution in [0.25, 0.3) is 0 Å². The number of fused-ring (bicyclic) bond motifs is 1. The largest absolute Gasteiger partial charge is 0.481 e. The third-order valence-electron chi connectivity index (χ3n) is 6.77. The monoisotopic (exact) mass is 371 g/mol. The number of carboxylic acid groups (broad SMARTS) is 1. The molecule has 0 bridgehead atoms. The van der Waals surface area contributed by atoms with E-state index in [0.29, 0.717) is 32.0 Å². The highest BCUT2D eigenvalue weighted by atomic mass is 16.4. The van der Waals surface area contributed by atoms with E-state index in [9.17, 15) is 14.7 Å². The molecular formula is C21H29N3O3. The van der Waals surface area contributed by atoms with E-state index in [2.05, 4.69) is 34.5 Å². The van der Waals surface area contributed by atoms with Crippen LogP contribution in [0, 0.1) is 17.3 Å². The minimum absolute atomic E-state index is 0.0955. The standard InChI is InChI=1S/C21H29N3O3/c25-19(26)21-10-4-7-17(21)14-24(15-21)20(27)22-12-16-6-5-11-23(13-16)18-8-2-1-3-9-18/h1-3,8-9,16-17H,4-7,10-15H2,(H,22,27)(H,25,26)/t16?,17-,21+/m0/s1. The molecule has 1 unspecified atom stereocenters. The molecule has 4 rings (SSSR count). The molecule has 1 saturated carbocycles. The minimum atomic E-state index is -0.730. The van der Waals surface area contributed by atoms with Gasteiger partial charge in [-0.1, -0.05) is 24.6 Å². The highest BCUT2D eigenvalue weighted by molar-refractivity contribution is 5.80. The van der Waals surface area contributed by atoms with Crippen LogP contribution in [0.1, 0.15) is 32.1 Å². The Morgan fingerprint density at radius 3 is 2.70 bits per heavy atom. The van der Waals surface area contributed by atoms with Crippen LogP contribution >= 0.6 is 0 Å². The number of carbonyl (C=O) groups excluding carboxylic acids is 1. The van der Waals surface area contributed by atoms with Crippen LogP contribution in [0.4, 0.5) is 10.5 Å². The summed E-state index contributed by atoms with van der Waals surface area (Å²) in [5.74, 6) is -0.187. The highest BCUT2D eigenvalue weighted by Gasteiger charge is 2.55. The molecule has 3 fully saturated rings. The van der Waals surface area contributed by atoms with Crippen LogP contribution in [0.2, 0.25) is 0 Å². The number of carbonyl (C=O) groups is 2. The Kier molecular flexibility index (Phi) is 4.98. The number of nitrogens with one attached hydrogen (secondary N) is 1. The second-order valence-electron chi connectivity index (χ2n) is 8.41. The summed E-state index contributed by atoms with van der Waals surface area (Å²) in [6.07, 6.45) is 4.83. The van der Waals surface area contributed by atoms with Gasteiger partial charge in [-0.15, -0.1) is 0 Å². The van der Waals surface area contributed by atoms with Gasteiger partial charge in [-0.3, -0.25) is 4.79 Å². The van der Waals surface area contributed by atoms with Crippen molar-refractivity contribution in [3.05, 3.63) is 30.3 Å². The van der Waals surface area contributed by atoms with Gasteiger partial charge in [-0.05, 0) is 49.7 Å². The molecule has 27 heavy (non-hydrogen) atoms. The zero-order chi connectivity index (χ0) is 18.9. The van der Waals surface area contributed by atoms with E-state index in [1.54, 1.807) is 4.90 Å². The summed E-state index contributed by atoms with van der Waals surface area (Å²) in [5, 5.41) is 12.8. The number of carboxylic acids is 1. The predicted octanol–water partition coefficient (Wildman–Crippen LogP) is 2.80. The zero-order valence-corrected chi connectivity index (χ0v) is 15.8. The van der Waals surface area contributed by atoms with E-state index in [0.717, 1.165) is 38.8 Å². The third kappa shape index (κ3) is 3.49. The van der Waals surface area contributed by atoms with E-state index < -0.39 is 11.4 Å². The van der Waals surface area contributed by atoms with Crippen LogP contribution in [-0.4, -0.2) is 54.7 Å². The van der Waals surface area contributed by atoms with E-state index in [-0.39, 0.29) is 11.9 Å². The summed E-state index contributed by atoms with van der Waals surface area (Å²) in [6.45, 7) is 3.61. The number of amides is 2. The molecule has 146 valence electrons. The minimum Gasteiger partial charge on any atom is -0.481 e. The van der Waals surface area contributed by atoms with Crippen molar-refractivity contribution in [1.82, 2.24) is 10.2 Å². The lowest BCUT2D eigenvalue weighted by atomic mass is 9.81. The molecule has 1 aliphatic carbocycles. The fourth-order valence-corrected chi connectivity index (χ4v) is 5.24. The van der Waals surface area contributed by atoms with Gasteiger partial charge in [0.1, 0.15) is 0 Å². The first-order valence-electron chi connectivity index (χ1n) is 10.1. The number of piperidine rings is 1. The summed E-state index contributed by atoms with van der Waals surface area (Å²) >= 11 is 0. The lowest BCUT2D eigenvalue weighted by molar-refractivity contribution is -0.149. The molecule has 2 aliphatic heterocycles. The normalized spacial score (nSPS) is 30.2. The van der Waals surface area contributed by atoms with Crippen molar-refractivity contribution in [2.75, 3.05) is 37.6 Å². The molecule has 2 amide bonds. The molecule has 6 heteroatoms. The maximum Gasteiger partial charge on any atom is 0.317 e. The van der Waals surface area contributed by atoms with Gasteiger partial charge in [-0.25, -0.2) is 4.79 Å². The quantitative estimate of drug-likeness (QED) is 0.854. The summed E-state index contributed by atoms with van der Waals surface area (Å²) in [4.78, 5) is 28.5. The summed E-state index contributed by atoms with van der Waals surface area (Å²) in [5.41, 5.74) is 0.538. The second-order valence-corrected chi connectivity index (χ2v) is 8.41. The smallest absolute Gasteiger partial charge is 0.317 e. The van der Waals surface area contributed by atoms with Crippen LogP contribution < -0.4 is 10.2 Å². The lowest BCUT2D eigenvalue weighted by Gasteiger charge is -2.34.